The highest BCUT2D eigenvalue weighted by Gasteiger charge is 2.38. The molecule has 1 amide bonds. The molecule has 1 aliphatic heterocycles. The van der Waals surface area contributed by atoms with E-state index in [2.05, 4.69) is 4.99 Å². The number of hydrogen-bond donors (Lipinski definition) is 2. The van der Waals surface area contributed by atoms with Gasteiger partial charge in [-0.25, -0.2) is 4.39 Å². The molecule has 0 radical (unpaired) electrons. The molecule has 0 saturated heterocycles. The summed E-state index contributed by atoms with van der Waals surface area (Å²) in [6, 6.07) is 8.69. The van der Waals surface area contributed by atoms with Crippen molar-refractivity contribution >= 4 is 17.8 Å². The number of aryl methyl sites for hydroxylation is 1. The third-order valence-electron chi connectivity index (χ3n) is 6.50. The molecule has 2 unspecified atom stereocenters. The van der Waals surface area contributed by atoms with Gasteiger partial charge >= 0.3 is 0 Å². The Kier molecular flexibility index (Phi) is 6.01. The number of aliphatic hydroxyl groups is 1. The predicted molar refractivity (Wildman–Crippen MR) is 120 cm³/mol. The van der Waals surface area contributed by atoms with E-state index in [4.69, 9.17) is 5.41 Å². The fourth-order valence-electron chi connectivity index (χ4n) is 4.68. The Morgan fingerprint density at radius 3 is 2.77 bits per heavy atom. The van der Waals surface area contributed by atoms with Crippen LogP contribution in [-0.4, -0.2) is 47.0 Å². The summed E-state index contributed by atoms with van der Waals surface area (Å²) < 4.78 is 14.8. The molecule has 1 saturated carbocycles. The van der Waals surface area contributed by atoms with Crippen LogP contribution in [0, 0.1) is 18.2 Å². The third kappa shape index (κ3) is 4.17. The van der Waals surface area contributed by atoms with Crippen LogP contribution in [0.1, 0.15) is 63.9 Å². The number of nitrogens with one attached hydrogen (secondary N) is 1. The summed E-state index contributed by atoms with van der Waals surface area (Å²) >= 11 is 0. The maximum absolute atomic E-state index is 14.8. The van der Waals surface area contributed by atoms with Crippen LogP contribution in [0.15, 0.2) is 35.3 Å². The minimum Gasteiger partial charge on any atom is -0.391 e. The van der Waals surface area contributed by atoms with Crippen molar-refractivity contribution in [3.63, 3.8) is 0 Å². The maximum atomic E-state index is 14.8. The van der Waals surface area contributed by atoms with E-state index in [9.17, 15) is 14.3 Å². The Morgan fingerprint density at radius 2 is 2.10 bits per heavy atom. The number of nitrogens with zero attached hydrogens (tertiary/aromatic N) is 2. The van der Waals surface area contributed by atoms with Crippen LogP contribution in [0.25, 0.3) is 0 Å². The fraction of sp³-hybridized carbons (Fsp3) is 0.400. The summed E-state index contributed by atoms with van der Waals surface area (Å²) in [5, 5.41) is 18.3. The van der Waals surface area contributed by atoms with Crippen molar-refractivity contribution in [1.82, 2.24) is 4.90 Å². The lowest BCUT2D eigenvalue weighted by Gasteiger charge is -2.26. The molecule has 2 N–H and O–H groups in total. The monoisotopic (exact) mass is 421 g/mol. The number of aliphatic imine (C=N–C) groups is 1. The molecule has 1 fully saturated rings. The summed E-state index contributed by atoms with van der Waals surface area (Å²) in [6.45, 7) is 2.52. The minimum absolute atomic E-state index is 0.0379. The first-order valence-electron chi connectivity index (χ1n) is 10.8. The topological polar surface area (TPSA) is 76.8 Å². The second kappa shape index (κ2) is 8.71. The van der Waals surface area contributed by atoms with Crippen LogP contribution < -0.4 is 0 Å². The van der Waals surface area contributed by atoms with E-state index in [-0.39, 0.29) is 17.8 Å². The SMILES string of the molecule is CN=CCC(=N)c1ccc(Cc2cc3c(cc2C)CN(C2CCCC2O)C3=O)c(F)c1. The molecule has 2 atom stereocenters. The average molecular weight is 422 g/mol. The van der Waals surface area contributed by atoms with Gasteiger partial charge in [0.25, 0.3) is 5.91 Å². The first-order chi connectivity index (χ1) is 14.9. The van der Waals surface area contributed by atoms with Crippen LogP contribution >= 0.6 is 0 Å². The van der Waals surface area contributed by atoms with Crippen molar-refractivity contribution in [2.24, 2.45) is 4.99 Å². The van der Waals surface area contributed by atoms with Gasteiger partial charge in [-0.3, -0.25) is 4.79 Å². The largest absolute Gasteiger partial charge is 0.391 e. The van der Waals surface area contributed by atoms with Crippen molar-refractivity contribution in [2.45, 2.75) is 57.7 Å². The first kappa shape index (κ1) is 21.4. The Balaban J connectivity index is 1.55. The molecular weight excluding hydrogens is 393 g/mol. The van der Waals surface area contributed by atoms with E-state index >= 15 is 0 Å². The molecule has 4 rings (SSSR count). The van der Waals surface area contributed by atoms with Crippen LogP contribution in [0.5, 0.6) is 0 Å². The van der Waals surface area contributed by atoms with Crippen LogP contribution in [0.3, 0.4) is 0 Å². The van der Waals surface area contributed by atoms with Crippen molar-refractivity contribution in [3.8, 4) is 0 Å². The molecule has 0 bridgehead atoms. The van der Waals surface area contributed by atoms with Crippen molar-refractivity contribution < 1.29 is 14.3 Å². The van der Waals surface area contributed by atoms with Crippen molar-refractivity contribution in [1.29, 1.82) is 5.41 Å². The minimum atomic E-state index is -0.450. The van der Waals surface area contributed by atoms with Gasteiger partial charge in [0.15, 0.2) is 0 Å². The number of carbonyl (C=O) groups is 1. The number of benzene rings is 2. The van der Waals surface area contributed by atoms with Crippen molar-refractivity contribution in [2.75, 3.05) is 7.05 Å². The zero-order chi connectivity index (χ0) is 22.1. The molecule has 2 aromatic carbocycles. The van der Waals surface area contributed by atoms with Gasteiger partial charge in [0.05, 0.1) is 12.1 Å². The Bertz CT molecular complexity index is 1060. The Labute approximate surface area is 182 Å². The third-order valence-corrected chi connectivity index (χ3v) is 6.50. The molecule has 2 aliphatic rings. The highest BCUT2D eigenvalue weighted by Crippen LogP contribution is 2.34. The molecule has 2 aromatic rings. The first-order valence-corrected chi connectivity index (χ1v) is 10.8. The lowest BCUT2D eigenvalue weighted by atomic mass is 9.94. The second-order valence-corrected chi connectivity index (χ2v) is 8.54. The standard InChI is InChI=1S/C25H28FN3O2/c1-15-10-19-14-29(23-4-3-5-24(23)30)25(31)20(19)12-18(15)11-16-6-7-17(13-21(16)26)22(27)8-9-28-2/h6-7,9-10,12-13,23-24,27,30H,3-5,8,11,14H2,1-2H3. The number of fused-ring (bicyclic) bond motifs is 1. The van der Waals surface area contributed by atoms with Crippen LogP contribution in [-0.2, 0) is 13.0 Å². The Morgan fingerprint density at radius 1 is 1.29 bits per heavy atom. The van der Waals surface area contributed by atoms with Gasteiger partial charge in [-0.1, -0.05) is 18.2 Å². The zero-order valence-electron chi connectivity index (χ0n) is 18.0. The number of carbonyl (C=O) groups excluding carboxylic acids is 1. The highest BCUT2D eigenvalue weighted by molar-refractivity contribution is 6.05. The quantitative estimate of drug-likeness (QED) is 0.691. The van der Waals surface area contributed by atoms with E-state index in [1.165, 1.54) is 6.07 Å². The maximum Gasteiger partial charge on any atom is 0.254 e. The number of rotatable bonds is 6. The second-order valence-electron chi connectivity index (χ2n) is 8.54. The van der Waals surface area contributed by atoms with Gasteiger partial charge in [-0.15, -0.1) is 0 Å². The molecule has 1 aliphatic carbocycles. The smallest absolute Gasteiger partial charge is 0.254 e. The van der Waals surface area contributed by atoms with Gasteiger partial charge < -0.3 is 20.4 Å². The lowest BCUT2D eigenvalue weighted by molar-refractivity contribution is 0.0479. The van der Waals surface area contributed by atoms with Gasteiger partial charge in [0, 0.05) is 43.9 Å². The van der Waals surface area contributed by atoms with Gasteiger partial charge in [0.2, 0.25) is 0 Å². The molecule has 0 aromatic heterocycles. The van der Waals surface area contributed by atoms with E-state index in [0.29, 0.717) is 41.8 Å². The average Bonchev–Trinajstić information content (AvgIpc) is 3.30. The zero-order valence-corrected chi connectivity index (χ0v) is 18.0. The molecule has 162 valence electrons. The summed E-state index contributed by atoms with van der Waals surface area (Å²) in [5.41, 5.74) is 5.00. The van der Waals surface area contributed by atoms with E-state index < -0.39 is 6.10 Å². The summed E-state index contributed by atoms with van der Waals surface area (Å²) in [5.74, 6) is -0.387. The normalized spacial score (nSPS) is 20.6. The van der Waals surface area contributed by atoms with Crippen LogP contribution in [0.4, 0.5) is 4.39 Å². The molecular formula is C25H28FN3O2. The van der Waals surface area contributed by atoms with Gasteiger partial charge in [-0.2, -0.15) is 0 Å². The molecule has 5 nitrogen and oxygen atoms in total. The summed E-state index contributed by atoms with van der Waals surface area (Å²) in [4.78, 5) is 18.7. The highest BCUT2D eigenvalue weighted by atomic mass is 19.1. The van der Waals surface area contributed by atoms with Crippen molar-refractivity contribution in [3.05, 3.63) is 69.5 Å². The predicted octanol–water partition coefficient (Wildman–Crippen LogP) is 4.05. The van der Waals surface area contributed by atoms with Gasteiger partial charge in [-0.05, 0) is 66.1 Å². The van der Waals surface area contributed by atoms with E-state index in [0.717, 1.165) is 36.0 Å². The molecule has 6 heteroatoms. The molecule has 1 heterocycles. The number of amides is 1. The summed E-state index contributed by atoms with van der Waals surface area (Å²) in [6.07, 6.45) is 4.45. The number of hydrogen-bond acceptors (Lipinski definition) is 4. The molecule has 31 heavy (non-hydrogen) atoms. The van der Waals surface area contributed by atoms with E-state index in [1.807, 2.05) is 19.1 Å². The number of halogens is 1. The van der Waals surface area contributed by atoms with E-state index in [1.54, 1.807) is 30.3 Å². The molecule has 0 spiro atoms. The van der Waals surface area contributed by atoms with Crippen LogP contribution in [0.2, 0.25) is 0 Å². The Hall–Kier alpha value is -2.86. The summed E-state index contributed by atoms with van der Waals surface area (Å²) in [7, 11) is 1.65. The fourth-order valence-corrected chi connectivity index (χ4v) is 4.68. The lowest BCUT2D eigenvalue weighted by Crippen LogP contribution is -2.40. The van der Waals surface area contributed by atoms with Gasteiger partial charge in [0.1, 0.15) is 5.82 Å². The number of aliphatic hydroxyl groups excluding tert-OH is 1.